The second-order valence-corrected chi connectivity index (χ2v) is 9.26. The molecule has 0 aliphatic carbocycles. The third kappa shape index (κ3) is 4.17. The van der Waals surface area contributed by atoms with E-state index in [1.807, 2.05) is 0 Å². The van der Waals surface area contributed by atoms with Crippen LogP contribution < -0.4 is 4.90 Å². The van der Waals surface area contributed by atoms with Crippen molar-refractivity contribution in [3.63, 3.8) is 0 Å². The Balaban J connectivity index is 1.93. The number of ketones is 1. The maximum atomic E-state index is 13.0. The Bertz CT molecular complexity index is 1110. The van der Waals surface area contributed by atoms with E-state index in [9.17, 15) is 19.2 Å². The molecule has 10 heteroatoms. The normalized spacial score (nSPS) is 13.5. The van der Waals surface area contributed by atoms with Crippen molar-refractivity contribution in [3.05, 3.63) is 61.0 Å². The van der Waals surface area contributed by atoms with E-state index in [1.165, 1.54) is 24.3 Å². The first-order valence-electron chi connectivity index (χ1n) is 8.91. The Kier molecular flexibility index (Phi) is 6.40. The molecule has 0 aromatic heterocycles. The number of hydrogen-bond acceptors (Lipinski definition) is 5. The van der Waals surface area contributed by atoms with E-state index in [0.717, 1.165) is 4.90 Å². The monoisotopic (exact) mass is 501 g/mol. The van der Waals surface area contributed by atoms with E-state index in [4.69, 9.17) is 51.1 Å². The van der Waals surface area contributed by atoms with Gasteiger partial charge in [0.05, 0.1) is 42.5 Å². The number of amides is 2. The number of anilines is 1. The number of esters is 1. The maximum absolute atomic E-state index is 13.0. The quantitative estimate of drug-likeness (QED) is 0.226. The summed E-state index contributed by atoms with van der Waals surface area (Å²) in [6.45, 7) is 4.73. The zero-order chi connectivity index (χ0) is 23.2. The van der Waals surface area contributed by atoms with Crippen LogP contribution in [0.4, 0.5) is 5.69 Å². The number of rotatable bonds is 4. The molecule has 0 fully saturated rings. The molecule has 2 aromatic rings. The number of Topliss-reactive ketones (excluding diaryl/α,β-unsaturated/α-hetero) is 1. The van der Waals surface area contributed by atoms with Crippen LogP contribution in [0.5, 0.6) is 0 Å². The highest BCUT2D eigenvalue weighted by molar-refractivity contribution is 6.56. The summed E-state index contributed by atoms with van der Waals surface area (Å²) < 4.78 is 5.07. The number of ether oxygens (including phenoxy) is 1. The van der Waals surface area contributed by atoms with Gasteiger partial charge in [0.25, 0.3) is 11.8 Å². The first kappa shape index (κ1) is 23.5. The molecule has 0 saturated carbocycles. The summed E-state index contributed by atoms with van der Waals surface area (Å²) in [7, 11) is 0. The summed E-state index contributed by atoms with van der Waals surface area (Å²) in [6, 6.07) is 5.63. The highest BCUT2D eigenvalue weighted by Gasteiger charge is 2.42. The Hall–Kier alpha value is -2.12. The molecule has 2 aromatic carbocycles. The first-order valence-corrected chi connectivity index (χ1v) is 10.4. The van der Waals surface area contributed by atoms with Crippen molar-refractivity contribution in [1.29, 1.82) is 0 Å². The number of halogens is 4. The first-order chi connectivity index (χ1) is 14.4. The van der Waals surface area contributed by atoms with Crippen LogP contribution in [0.2, 0.25) is 20.1 Å². The van der Waals surface area contributed by atoms with Gasteiger partial charge in [-0.3, -0.25) is 14.4 Å². The van der Waals surface area contributed by atoms with Gasteiger partial charge in [-0.25, -0.2) is 9.69 Å². The second kappa shape index (κ2) is 8.43. The molecular weight excluding hydrogens is 488 g/mol. The minimum Gasteiger partial charge on any atom is -0.454 e. The van der Waals surface area contributed by atoms with Crippen molar-refractivity contribution in [2.45, 2.75) is 20.8 Å². The Morgan fingerprint density at radius 1 is 0.903 bits per heavy atom. The van der Waals surface area contributed by atoms with Crippen molar-refractivity contribution < 1.29 is 23.9 Å². The fourth-order valence-electron chi connectivity index (χ4n) is 2.79. The van der Waals surface area contributed by atoms with E-state index in [2.05, 4.69) is 0 Å². The van der Waals surface area contributed by atoms with Crippen LogP contribution >= 0.6 is 46.4 Å². The standard InChI is InChI=1S/C21H15Cl4NO5/c1-21(2,3)11(27)8-31-20(30)9-5-4-6-10(7-9)26-18(28)12-13(19(26)29)15(23)17(25)16(24)14(12)22/h4-7H,8H2,1-3H3. The van der Waals surface area contributed by atoms with Crippen LogP contribution in [0, 0.1) is 5.41 Å². The predicted octanol–water partition coefficient (Wildman–Crippen LogP) is 5.87. The van der Waals surface area contributed by atoms with E-state index < -0.39 is 29.8 Å². The van der Waals surface area contributed by atoms with Gasteiger partial charge in [-0.2, -0.15) is 0 Å². The molecule has 6 nitrogen and oxygen atoms in total. The van der Waals surface area contributed by atoms with Crippen LogP contribution in [0.15, 0.2) is 24.3 Å². The molecule has 0 N–H and O–H groups in total. The molecule has 0 spiro atoms. The van der Waals surface area contributed by atoms with Crippen molar-refractivity contribution in [2.24, 2.45) is 5.41 Å². The van der Waals surface area contributed by atoms with Crippen LogP contribution in [0.1, 0.15) is 51.8 Å². The topological polar surface area (TPSA) is 80.8 Å². The lowest BCUT2D eigenvalue weighted by molar-refractivity contribution is -0.129. The molecule has 0 bridgehead atoms. The smallest absolute Gasteiger partial charge is 0.338 e. The minimum absolute atomic E-state index is 0.0454. The maximum Gasteiger partial charge on any atom is 0.338 e. The van der Waals surface area contributed by atoms with Gasteiger partial charge in [0.1, 0.15) is 0 Å². The predicted molar refractivity (Wildman–Crippen MR) is 119 cm³/mol. The second-order valence-electron chi connectivity index (χ2n) is 7.75. The average Bonchev–Trinajstić information content (AvgIpc) is 2.98. The summed E-state index contributed by atoms with van der Waals surface area (Å²) in [4.78, 5) is 51.1. The van der Waals surface area contributed by atoms with Crippen LogP contribution in [-0.4, -0.2) is 30.2 Å². The lowest BCUT2D eigenvalue weighted by Gasteiger charge is -2.17. The molecule has 1 aliphatic heterocycles. The molecule has 0 saturated heterocycles. The number of carbonyl (C=O) groups excluding carboxylic acids is 4. The third-order valence-corrected chi connectivity index (χ3v) is 6.41. The van der Waals surface area contributed by atoms with Gasteiger partial charge in [0.15, 0.2) is 12.4 Å². The van der Waals surface area contributed by atoms with Gasteiger partial charge in [-0.1, -0.05) is 73.2 Å². The fourth-order valence-corrected chi connectivity index (χ4v) is 3.80. The van der Waals surface area contributed by atoms with Gasteiger partial charge in [-0.05, 0) is 18.2 Å². The summed E-state index contributed by atoms with van der Waals surface area (Å²) in [6.07, 6.45) is 0. The number of benzene rings is 2. The van der Waals surface area contributed by atoms with E-state index >= 15 is 0 Å². The summed E-state index contributed by atoms with van der Waals surface area (Å²) in [5, 5.41) is -0.668. The zero-order valence-corrected chi connectivity index (χ0v) is 19.5. The highest BCUT2D eigenvalue weighted by Crippen LogP contribution is 2.45. The lowest BCUT2D eigenvalue weighted by Crippen LogP contribution is -2.30. The van der Waals surface area contributed by atoms with Crippen molar-refractivity contribution >= 4 is 75.7 Å². The highest BCUT2D eigenvalue weighted by atomic mass is 35.5. The van der Waals surface area contributed by atoms with Gasteiger partial charge in [-0.15, -0.1) is 0 Å². The van der Waals surface area contributed by atoms with Crippen molar-refractivity contribution in [2.75, 3.05) is 11.5 Å². The minimum atomic E-state index is -0.779. The summed E-state index contributed by atoms with van der Waals surface area (Å²) in [5.41, 5.74) is -0.876. The van der Waals surface area contributed by atoms with E-state index in [1.54, 1.807) is 20.8 Å². The Morgan fingerprint density at radius 2 is 1.42 bits per heavy atom. The Morgan fingerprint density at radius 3 is 1.90 bits per heavy atom. The molecule has 0 radical (unpaired) electrons. The number of imide groups is 1. The fraction of sp³-hybridized carbons (Fsp3) is 0.238. The summed E-state index contributed by atoms with van der Waals surface area (Å²) in [5.74, 6) is -2.56. The molecule has 3 rings (SSSR count). The molecule has 1 heterocycles. The van der Waals surface area contributed by atoms with Crippen molar-refractivity contribution in [1.82, 2.24) is 0 Å². The van der Waals surface area contributed by atoms with Gasteiger partial charge >= 0.3 is 5.97 Å². The number of carbonyl (C=O) groups is 4. The van der Waals surface area contributed by atoms with Gasteiger partial charge < -0.3 is 4.74 Å². The number of hydrogen-bond donors (Lipinski definition) is 0. The van der Waals surface area contributed by atoms with Crippen LogP contribution in [0.25, 0.3) is 0 Å². The number of nitrogens with zero attached hydrogens (tertiary/aromatic N) is 1. The molecule has 31 heavy (non-hydrogen) atoms. The van der Waals surface area contributed by atoms with Crippen LogP contribution in [0.3, 0.4) is 0 Å². The van der Waals surface area contributed by atoms with E-state index in [0.29, 0.717) is 0 Å². The summed E-state index contributed by atoms with van der Waals surface area (Å²) >= 11 is 24.3. The molecule has 1 aliphatic rings. The molecule has 2 amide bonds. The molecular formula is C21H15Cl4NO5. The van der Waals surface area contributed by atoms with Crippen molar-refractivity contribution in [3.8, 4) is 0 Å². The molecule has 0 unspecified atom stereocenters. The SMILES string of the molecule is CC(C)(C)C(=O)COC(=O)c1cccc(N2C(=O)c3c(Cl)c(Cl)c(Cl)c(Cl)c3C2=O)c1. The zero-order valence-electron chi connectivity index (χ0n) is 16.5. The lowest BCUT2D eigenvalue weighted by atomic mass is 9.91. The number of fused-ring (bicyclic) bond motifs is 1. The van der Waals surface area contributed by atoms with E-state index in [-0.39, 0.29) is 48.3 Å². The largest absolute Gasteiger partial charge is 0.454 e. The average molecular weight is 503 g/mol. The van der Waals surface area contributed by atoms with Crippen LogP contribution in [-0.2, 0) is 9.53 Å². The third-order valence-electron chi connectivity index (χ3n) is 4.61. The Labute approximate surface area is 197 Å². The van der Waals surface area contributed by atoms with Gasteiger partial charge in [0.2, 0.25) is 0 Å². The molecule has 0 atom stereocenters. The molecule has 162 valence electrons. The van der Waals surface area contributed by atoms with Gasteiger partial charge in [0, 0.05) is 5.41 Å².